The molecule has 1 aliphatic carbocycles. The Morgan fingerprint density at radius 3 is 2.69 bits per heavy atom. The Labute approximate surface area is 168 Å². The van der Waals surface area contributed by atoms with Crippen molar-refractivity contribution in [2.75, 3.05) is 13.2 Å². The summed E-state index contributed by atoms with van der Waals surface area (Å²) in [6, 6.07) is 9.66. The molecule has 0 bridgehead atoms. The maximum Gasteiger partial charge on any atom is 0.338 e. The lowest BCUT2D eigenvalue weighted by molar-refractivity contribution is -0.163. The van der Waals surface area contributed by atoms with Crippen molar-refractivity contribution in [2.45, 2.75) is 44.9 Å². The molecule has 2 aliphatic rings. The number of carbonyl (C=O) groups excluding carboxylic acids is 1. The molecular formula is C22H26N2O5. The monoisotopic (exact) mass is 398 g/mol. The number of ether oxygens (including phenoxy) is 2. The highest BCUT2D eigenvalue weighted by molar-refractivity contribution is 5.95. The van der Waals surface area contributed by atoms with Crippen molar-refractivity contribution in [2.24, 2.45) is 11.8 Å². The van der Waals surface area contributed by atoms with Crippen molar-refractivity contribution in [3.8, 4) is 0 Å². The maximum absolute atomic E-state index is 12.8. The topological polar surface area (TPSA) is 79.5 Å². The van der Waals surface area contributed by atoms with Crippen LogP contribution in [0.2, 0.25) is 0 Å². The van der Waals surface area contributed by atoms with Crippen molar-refractivity contribution in [1.82, 2.24) is 9.13 Å². The van der Waals surface area contributed by atoms with Crippen molar-refractivity contribution < 1.29 is 14.3 Å². The molecule has 0 N–H and O–H groups in total. The highest BCUT2D eigenvalue weighted by Crippen LogP contribution is 2.42. The zero-order valence-corrected chi connectivity index (χ0v) is 16.4. The largest absolute Gasteiger partial charge is 0.353 e. The molecule has 29 heavy (non-hydrogen) atoms. The van der Waals surface area contributed by atoms with Gasteiger partial charge in [0.2, 0.25) is 0 Å². The Balaban J connectivity index is 1.36. The van der Waals surface area contributed by atoms with Gasteiger partial charge in [-0.2, -0.15) is 4.57 Å². The van der Waals surface area contributed by atoms with E-state index in [4.69, 9.17) is 9.47 Å². The summed E-state index contributed by atoms with van der Waals surface area (Å²) in [5, 5.41) is 0. The first-order valence-corrected chi connectivity index (χ1v) is 10.3. The van der Waals surface area contributed by atoms with Gasteiger partial charge >= 0.3 is 5.69 Å². The van der Waals surface area contributed by atoms with E-state index in [2.05, 4.69) is 0 Å². The molecule has 3 atom stereocenters. The first-order chi connectivity index (χ1) is 14.1. The molecule has 1 saturated carbocycles. The van der Waals surface area contributed by atoms with Gasteiger partial charge in [-0.3, -0.25) is 14.2 Å². The molecule has 2 aromatic rings. The van der Waals surface area contributed by atoms with Crippen molar-refractivity contribution in [1.29, 1.82) is 0 Å². The molecule has 7 heteroatoms. The third kappa shape index (κ3) is 4.74. The number of benzene rings is 1. The molecule has 2 heterocycles. The van der Waals surface area contributed by atoms with Crippen LogP contribution in [0.15, 0.2) is 52.2 Å². The fraction of sp³-hybridized carbons (Fsp3) is 0.500. The van der Waals surface area contributed by atoms with Gasteiger partial charge in [0.1, 0.15) is 0 Å². The molecule has 1 unspecified atom stereocenters. The second-order valence-corrected chi connectivity index (χ2v) is 7.81. The summed E-state index contributed by atoms with van der Waals surface area (Å²) in [7, 11) is 0. The van der Waals surface area contributed by atoms with Crippen molar-refractivity contribution >= 4 is 5.91 Å². The van der Waals surface area contributed by atoms with Gasteiger partial charge in [-0.15, -0.1) is 0 Å². The average molecular weight is 398 g/mol. The molecule has 1 aliphatic heterocycles. The van der Waals surface area contributed by atoms with Crippen LogP contribution >= 0.6 is 0 Å². The predicted octanol–water partition coefficient (Wildman–Crippen LogP) is 2.27. The van der Waals surface area contributed by atoms with Crippen LogP contribution in [0.5, 0.6) is 0 Å². The van der Waals surface area contributed by atoms with Crippen LogP contribution in [-0.4, -0.2) is 34.5 Å². The average Bonchev–Trinajstić information content (AvgIpc) is 3.49. The lowest BCUT2D eigenvalue weighted by Gasteiger charge is -2.22. The Morgan fingerprint density at radius 1 is 1.10 bits per heavy atom. The fourth-order valence-corrected chi connectivity index (χ4v) is 3.88. The zero-order valence-electron chi connectivity index (χ0n) is 16.4. The van der Waals surface area contributed by atoms with E-state index in [1.54, 1.807) is 30.3 Å². The van der Waals surface area contributed by atoms with Crippen LogP contribution in [-0.2, 0) is 16.0 Å². The minimum atomic E-state index is -0.603. The van der Waals surface area contributed by atoms with Gasteiger partial charge in [0.15, 0.2) is 6.29 Å². The molecule has 4 rings (SSSR count). The molecule has 154 valence electrons. The third-order valence-corrected chi connectivity index (χ3v) is 5.71. The molecule has 0 amide bonds. The van der Waals surface area contributed by atoms with E-state index in [0.717, 1.165) is 43.3 Å². The Morgan fingerprint density at radius 2 is 1.93 bits per heavy atom. The van der Waals surface area contributed by atoms with Crippen LogP contribution < -0.4 is 11.2 Å². The van der Waals surface area contributed by atoms with Crippen LogP contribution in [0, 0.1) is 11.8 Å². The minimum absolute atomic E-state index is 0.0730. The van der Waals surface area contributed by atoms with E-state index in [1.807, 2.05) is 0 Å². The summed E-state index contributed by atoms with van der Waals surface area (Å²) in [6.45, 7) is 1.94. The molecule has 2 fully saturated rings. The van der Waals surface area contributed by atoms with Crippen molar-refractivity contribution in [3.63, 3.8) is 0 Å². The van der Waals surface area contributed by atoms with Crippen LogP contribution in [0.3, 0.4) is 0 Å². The molecule has 1 saturated heterocycles. The van der Waals surface area contributed by atoms with Gasteiger partial charge in [-0.1, -0.05) is 18.2 Å². The van der Waals surface area contributed by atoms with Gasteiger partial charge in [0.25, 0.3) is 11.5 Å². The predicted molar refractivity (Wildman–Crippen MR) is 107 cm³/mol. The van der Waals surface area contributed by atoms with E-state index < -0.39 is 17.2 Å². The summed E-state index contributed by atoms with van der Waals surface area (Å²) < 4.78 is 13.5. The summed E-state index contributed by atoms with van der Waals surface area (Å²) in [6.07, 6.45) is 6.58. The molecule has 0 radical (unpaired) electrons. The molecule has 1 aromatic carbocycles. The standard InChI is InChI=1S/C22H26N2O5/c25-19-9-11-23(22(27)24(19)21(26)16-6-2-1-3-7-16)15-18-14-17(18)10-13-29-20-8-4-5-12-28-20/h1-3,6-7,9,11,17-18,20H,4-5,8,10,12-15H2/t17-,18-,20?/m0/s1. The first-order valence-electron chi connectivity index (χ1n) is 10.3. The van der Waals surface area contributed by atoms with Gasteiger partial charge in [0.05, 0.1) is 6.61 Å². The van der Waals surface area contributed by atoms with Gasteiger partial charge in [-0.05, 0) is 56.1 Å². The third-order valence-electron chi connectivity index (χ3n) is 5.71. The highest BCUT2D eigenvalue weighted by Gasteiger charge is 2.37. The summed E-state index contributed by atoms with van der Waals surface area (Å²) in [4.78, 5) is 37.5. The minimum Gasteiger partial charge on any atom is -0.353 e. The van der Waals surface area contributed by atoms with Crippen LogP contribution in [0.25, 0.3) is 0 Å². The van der Waals surface area contributed by atoms with E-state index in [0.29, 0.717) is 30.6 Å². The lowest BCUT2D eigenvalue weighted by atomic mass is 10.2. The van der Waals surface area contributed by atoms with Gasteiger partial charge in [-0.25, -0.2) is 4.79 Å². The summed E-state index contributed by atoms with van der Waals surface area (Å²) >= 11 is 0. The quantitative estimate of drug-likeness (QED) is 0.715. The molecule has 0 spiro atoms. The summed E-state index contributed by atoms with van der Waals surface area (Å²) in [5.74, 6) is 0.264. The van der Waals surface area contributed by atoms with Crippen LogP contribution in [0.1, 0.15) is 42.5 Å². The zero-order chi connectivity index (χ0) is 20.2. The summed E-state index contributed by atoms with van der Waals surface area (Å²) in [5.41, 5.74) is -0.868. The maximum atomic E-state index is 12.8. The smallest absolute Gasteiger partial charge is 0.338 e. The van der Waals surface area contributed by atoms with Crippen LogP contribution in [0.4, 0.5) is 0 Å². The molecular weight excluding hydrogens is 372 g/mol. The fourth-order valence-electron chi connectivity index (χ4n) is 3.88. The van der Waals surface area contributed by atoms with E-state index in [1.165, 1.54) is 16.8 Å². The molecule has 7 nitrogen and oxygen atoms in total. The first kappa shape index (κ1) is 19.8. The number of aromatic nitrogens is 2. The normalized spacial score (nSPS) is 23.7. The SMILES string of the molecule is O=C(c1ccccc1)n1c(=O)ccn(C[C@@H]2C[C@@H]2CCOC2CCCCO2)c1=O. The van der Waals surface area contributed by atoms with Gasteiger partial charge < -0.3 is 9.47 Å². The Hall–Kier alpha value is -2.51. The number of hydrogen-bond acceptors (Lipinski definition) is 5. The van der Waals surface area contributed by atoms with E-state index >= 15 is 0 Å². The number of rotatable bonds is 7. The Kier molecular flexibility index (Phi) is 6.06. The van der Waals surface area contributed by atoms with E-state index in [9.17, 15) is 14.4 Å². The Bertz CT molecular complexity index is 959. The highest BCUT2D eigenvalue weighted by atomic mass is 16.7. The second-order valence-electron chi connectivity index (χ2n) is 7.81. The molecule has 1 aromatic heterocycles. The van der Waals surface area contributed by atoms with Gasteiger partial charge in [0, 0.05) is 31.0 Å². The lowest BCUT2D eigenvalue weighted by Crippen LogP contribution is -2.43. The van der Waals surface area contributed by atoms with Crippen molar-refractivity contribution in [3.05, 3.63) is 69.0 Å². The number of carbonyl (C=O) groups is 1. The number of nitrogens with zero attached hydrogens (tertiary/aromatic N) is 2. The number of hydrogen-bond donors (Lipinski definition) is 0. The van der Waals surface area contributed by atoms with E-state index in [-0.39, 0.29) is 6.29 Å². The second kappa shape index (κ2) is 8.88.